The fourth-order valence-electron chi connectivity index (χ4n) is 2.22. The maximum absolute atomic E-state index is 11.1. The molecular formula is C16H26N2O3. The first-order valence-electron chi connectivity index (χ1n) is 7.46. The normalized spacial score (nSPS) is 11.2. The van der Waals surface area contributed by atoms with Gasteiger partial charge < -0.3 is 10.1 Å². The molecule has 0 aliphatic carbocycles. The number of nitrogens with zero attached hydrogens (tertiary/aromatic N) is 1. The molecule has 21 heavy (non-hydrogen) atoms. The first-order valence-corrected chi connectivity index (χ1v) is 7.46. The zero-order chi connectivity index (χ0) is 15.9. The van der Waals surface area contributed by atoms with Crippen molar-refractivity contribution in [2.75, 3.05) is 19.0 Å². The molecule has 0 spiro atoms. The quantitative estimate of drug-likeness (QED) is 0.410. The molecule has 0 unspecified atom stereocenters. The summed E-state index contributed by atoms with van der Waals surface area (Å²) < 4.78 is 5.14. The van der Waals surface area contributed by atoms with Crippen LogP contribution in [0.5, 0.6) is 5.75 Å². The van der Waals surface area contributed by atoms with E-state index in [-0.39, 0.29) is 16.0 Å². The van der Waals surface area contributed by atoms with E-state index >= 15 is 0 Å². The van der Waals surface area contributed by atoms with Crippen LogP contribution in [0.3, 0.4) is 0 Å². The van der Waals surface area contributed by atoms with Gasteiger partial charge in [-0.15, -0.1) is 0 Å². The Morgan fingerprint density at radius 2 is 2.05 bits per heavy atom. The van der Waals surface area contributed by atoms with E-state index in [1.807, 2.05) is 0 Å². The van der Waals surface area contributed by atoms with Crippen molar-refractivity contribution in [2.45, 2.75) is 46.5 Å². The van der Waals surface area contributed by atoms with Crippen LogP contribution in [0.2, 0.25) is 0 Å². The number of nitro benzene ring substituents is 1. The molecule has 1 aromatic rings. The Kier molecular flexibility index (Phi) is 6.46. The topological polar surface area (TPSA) is 64.4 Å². The highest BCUT2D eigenvalue weighted by Gasteiger charge is 2.20. The smallest absolute Gasteiger partial charge is 0.292 e. The molecule has 0 aliphatic heterocycles. The predicted octanol–water partition coefficient (Wildman–Crippen LogP) is 4.62. The Morgan fingerprint density at radius 1 is 1.33 bits per heavy atom. The maximum atomic E-state index is 11.1. The summed E-state index contributed by atoms with van der Waals surface area (Å²) >= 11 is 0. The number of rotatable bonds is 9. The molecule has 0 heterocycles. The van der Waals surface area contributed by atoms with Crippen molar-refractivity contribution < 1.29 is 9.66 Å². The standard InChI is InChI=1S/C16H26N2O3/c1-5-6-7-10-16(2,3)12-17-14-11-13(21-4)8-9-15(14)18(19)20/h8-9,11,17H,5-7,10,12H2,1-4H3. The first kappa shape index (κ1) is 17.3. The molecule has 0 bridgehead atoms. The van der Waals surface area contributed by atoms with Crippen LogP contribution in [0.25, 0.3) is 0 Å². The molecule has 0 fully saturated rings. The van der Waals surface area contributed by atoms with Gasteiger partial charge >= 0.3 is 0 Å². The molecule has 0 saturated heterocycles. The minimum absolute atomic E-state index is 0.0835. The van der Waals surface area contributed by atoms with E-state index < -0.39 is 0 Å². The molecule has 0 atom stereocenters. The molecule has 118 valence electrons. The van der Waals surface area contributed by atoms with Crippen LogP contribution in [0, 0.1) is 15.5 Å². The Labute approximate surface area is 126 Å². The van der Waals surface area contributed by atoms with Gasteiger partial charge in [0.15, 0.2) is 0 Å². The molecule has 1 rings (SSSR count). The number of hydrogen-bond acceptors (Lipinski definition) is 4. The molecule has 1 N–H and O–H groups in total. The van der Waals surface area contributed by atoms with Gasteiger partial charge in [0.25, 0.3) is 5.69 Å². The number of nitrogens with one attached hydrogen (secondary N) is 1. The summed E-state index contributed by atoms with van der Waals surface area (Å²) in [4.78, 5) is 10.7. The van der Waals surface area contributed by atoms with Gasteiger partial charge in [-0.3, -0.25) is 10.1 Å². The minimum Gasteiger partial charge on any atom is -0.497 e. The van der Waals surface area contributed by atoms with Crippen molar-refractivity contribution in [3.63, 3.8) is 0 Å². The largest absolute Gasteiger partial charge is 0.497 e. The lowest BCUT2D eigenvalue weighted by molar-refractivity contribution is -0.384. The van der Waals surface area contributed by atoms with Gasteiger partial charge in [-0.2, -0.15) is 0 Å². The van der Waals surface area contributed by atoms with Crippen molar-refractivity contribution in [3.8, 4) is 5.75 Å². The fourth-order valence-corrected chi connectivity index (χ4v) is 2.22. The Bertz CT molecular complexity index is 473. The highest BCUT2D eigenvalue weighted by atomic mass is 16.6. The third-order valence-corrected chi connectivity index (χ3v) is 3.61. The molecular weight excluding hydrogens is 268 g/mol. The van der Waals surface area contributed by atoms with Crippen LogP contribution >= 0.6 is 0 Å². The molecule has 5 heteroatoms. The first-order chi connectivity index (χ1) is 9.89. The molecule has 0 saturated carbocycles. The summed E-state index contributed by atoms with van der Waals surface area (Å²) in [6.45, 7) is 7.25. The molecule has 0 radical (unpaired) electrons. The minimum atomic E-state index is -0.369. The summed E-state index contributed by atoms with van der Waals surface area (Å²) in [5, 5.41) is 14.3. The van der Waals surface area contributed by atoms with Crippen molar-refractivity contribution >= 4 is 11.4 Å². The SMILES string of the molecule is CCCCCC(C)(C)CNc1cc(OC)ccc1[N+](=O)[O-]. The van der Waals surface area contributed by atoms with E-state index in [0.29, 0.717) is 18.0 Å². The van der Waals surface area contributed by atoms with Gasteiger partial charge in [-0.1, -0.05) is 40.0 Å². The molecule has 5 nitrogen and oxygen atoms in total. The van der Waals surface area contributed by atoms with Gasteiger partial charge in [-0.25, -0.2) is 0 Å². The number of methoxy groups -OCH3 is 1. The van der Waals surface area contributed by atoms with Gasteiger partial charge in [0, 0.05) is 18.7 Å². The van der Waals surface area contributed by atoms with Crippen molar-refractivity contribution in [1.82, 2.24) is 0 Å². The van der Waals surface area contributed by atoms with Crippen LogP contribution in [-0.2, 0) is 0 Å². The molecule has 0 aromatic heterocycles. The molecule has 0 aliphatic rings. The summed E-state index contributed by atoms with van der Waals surface area (Å²) in [5.41, 5.74) is 0.703. The zero-order valence-corrected chi connectivity index (χ0v) is 13.4. The maximum Gasteiger partial charge on any atom is 0.292 e. The lowest BCUT2D eigenvalue weighted by atomic mass is 9.87. The third kappa shape index (κ3) is 5.61. The van der Waals surface area contributed by atoms with Crippen LogP contribution in [0.4, 0.5) is 11.4 Å². The Balaban J connectivity index is 2.74. The monoisotopic (exact) mass is 294 g/mol. The predicted molar refractivity (Wildman–Crippen MR) is 86.1 cm³/mol. The Hall–Kier alpha value is -1.78. The second-order valence-electron chi connectivity index (χ2n) is 6.12. The van der Waals surface area contributed by atoms with E-state index in [0.717, 1.165) is 6.42 Å². The van der Waals surface area contributed by atoms with Crippen molar-refractivity contribution in [2.24, 2.45) is 5.41 Å². The summed E-state index contributed by atoms with van der Waals surface area (Å²) in [6.07, 6.45) is 4.71. The average Bonchev–Trinajstić information content (AvgIpc) is 2.45. The lowest BCUT2D eigenvalue weighted by Gasteiger charge is -2.25. The van der Waals surface area contributed by atoms with Gasteiger partial charge in [-0.05, 0) is 17.9 Å². The lowest BCUT2D eigenvalue weighted by Crippen LogP contribution is -2.23. The average molecular weight is 294 g/mol. The number of nitro groups is 1. The van der Waals surface area contributed by atoms with Crippen LogP contribution in [0.1, 0.15) is 46.5 Å². The van der Waals surface area contributed by atoms with Crippen LogP contribution in [-0.4, -0.2) is 18.6 Å². The van der Waals surface area contributed by atoms with E-state index in [2.05, 4.69) is 26.1 Å². The van der Waals surface area contributed by atoms with Gasteiger partial charge in [0.05, 0.1) is 12.0 Å². The van der Waals surface area contributed by atoms with Gasteiger partial charge in [0.2, 0.25) is 0 Å². The van der Waals surface area contributed by atoms with E-state index in [4.69, 9.17) is 4.74 Å². The van der Waals surface area contributed by atoms with Gasteiger partial charge in [0.1, 0.15) is 11.4 Å². The zero-order valence-electron chi connectivity index (χ0n) is 13.4. The number of hydrogen-bond donors (Lipinski definition) is 1. The fraction of sp³-hybridized carbons (Fsp3) is 0.625. The molecule has 0 amide bonds. The summed E-state index contributed by atoms with van der Waals surface area (Å²) in [6, 6.07) is 4.77. The summed E-state index contributed by atoms with van der Waals surface area (Å²) in [7, 11) is 1.56. The van der Waals surface area contributed by atoms with Crippen molar-refractivity contribution in [3.05, 3.63) is 28.3 Å². The second-order valence-corrected chi connectivity index (χ2v) is 6.12. The van der Waals surface area contributed by atoms with Crippen molar-refractivity contribution in [1.29, 1.82) is 0 Å². The van der Waals surface area contributed by atoms with Crippen LogP contribution < -0.4 is 10.1 Å². The van der Waals surface area contributed by atoms with E-state index in [9.17, 15) is 10.1 Å². The Morgan fingerprint density at radius 3 is 2.62 bits per heavy atom. The number of ether oxygens (including phenoxy) is 1. The highest BCUT2D eigenvalue weighted by molar-refractivity contribution is 5.64. The number of benzene rings is 1. The van der Waals surface area contributed by atoms with E-state index in [1.165, 1.54) is 25.3 Å². The number of anilines is 1. The highest BCUT2D eigenvalue weighted by Crippen LogP contribution is 2.31. The second kappa shape index (κ2) is 7.86. The third-order valence-electron chi connectivity index (χ3n) is 3.61. The number of unbranched alkanes of at least 4 members (excludes halogenated alkanes) is 2. The summed E-state index contributed by atoms with van der Waals surface area (Å²) in [5.74, 6) is 0.617. The van der Waals surface area contributed by atoms with Crippen LogP contribution in [0.15, 0.2) is 18.2 Å². The molecule has 1 aromatic carbocycles. The van der Waals surface area contributed by atoms with E-state index in [1.54, 1.807) is 19.2 Å².